The van der Waals surface area contributed by atoms with Gasteiger partial charge in [-0.2, -0.15) is 5.10 Å². The van der Waals surface area contributed by atoms with Gasteiger partial charge < -0.3 is 14.2 Å². The minimum Gasteiger partial charge on any atom is -0.493 e. The van der Waals surface area contributed by atoms with E-state index in [0.717, 1.165) is 11.3 Å². The van der Waals surface area contributed by atoms with Gasteiger partial charge in [0.05, 0.1) is 27.0 Å². The lowest BCUT2D eigenvalue weighted by molar-refractivity contribution is 0.0954. The largest absolute Gasteiger partial charge is 0.493 e. The van der Waals surface area contributed by atoms with Crippen LogP contribution in [0, 0.1) is 0 Å². The maximum Gasteiger partial charge on any atom is 0.271 e. The molecule has 132 valence electrons. The highest BCUT2D eigenvalue weighted by Crippen LogP contribution is 2.38. The van der Waals surface area contributed by atoms with Crippen molar-refractivity contribution in [2.24, 2.45) is 5.10 Å². The standard InChI is InChI=1S/C19H22N2O4/c1-5-15(13-9-7-6-8-10-13)20-21-19(22)14-11-16(23-2)18(25-4)17(12-14)24-3/h6-12H,5H2,1-4H3,(H,21,22)/b20-15+. The zero-order chi connectivity index (χ0) is 18.2. The van der Waals surface area contributed by atoms with Gasteiger partial charge in [0, 0.05) is 5.56 Å². The minimum absolute atomic E-state index is 0.360. The van der Waals surface area contributed by atoms with Gasteiger partial charge >= 0.3 is 0 Å². The quantitative estimate of drug-likeness (QED) is 0.619. The second-order valence-electron chi connectivity index (χ2n) is 5.13. The Balaban J connectivity index is 2.27. The lowest BCUT2D eigenvalue weighted by Crippen LogP contribution is -2.20. The molecule has 0 aliphatic heterocycles. The smallest absolute Gasteiger partial charge is 0.271 e. The van der Waals surface area contributed by atoms with Crippen LogP contribution in [0.4, 0.5) is 0 Å². The summed E-state index contributed by atoms with van der Waals surface area (Å²) in [5.74, 6) is 0.897. The minimum atomic E-state index is -0.360. The van der Waals surface area contributed by atoms with Crippen molar-refractivity contribution >= 4 is 11.6 Å². The van der Waals surface area contributed by atoms with E-state index in [0.29, 0.717) is 29.2 Å². The molecule has 6 nitrogen and oxygen atoms in total. The maximum absolute atomic E-state index is 12.5. The molecule has 0 aliphatic carbocycles. The molecule has 2 aromatic carbocycles. The lowest BCUT2D eigenvalue weighted by Gasteiger charge is -2.13. The summed E-state index contributed by atoms with van der Waals surface area (Å²) in [7, 11) is 4.52. The Labute approximate surface area is 147 Å². The van der Waals surface area contributed by atoms with Crippen LogP contribution in [-0.4, -0.2) is 32.9 Å². The van der Waals surface area contributed by atoms with Crippen LogP contribution in [0.2, 0.25) is 0 Å². The van der Waals surface area contributed by atoms with Crippen molar-refractivity contribution in [2.75, 3.05) is 21.3 Å². The van der Waals surface area contributed by atoms with Crippen molar-refractivity contribution in [3.8, 4) is 17.2 Å². The molecule has 0 aromatic heterocycles. The molecule has 6 heteroatoms. The van der Waals surface area contributed by atoms with E-state index in [1.54, 1.807) is 12.1 Å². The molecule has 0 fully saturated rings. The van der Waals surface area contributed by atoms with Crippen molar-refractivity contribution in [3.05, 3.63) is 53.6 Å². The molecule has 0 saturated heterocycles. The van der Waals surface area contributed by atoms with Crippen LogP contribution in [0.3, 0.4) is 0 Å². The summed E-state index contributed by atoms with van der Waals surface area (Å²) in [5.41, 5.74) is 4.71. The third-order valence-electron chi connectivity index (χ3n) is 3.66. The number of hydrazone groups is 1. The fraction of sp³-hybridized carbons (Fsp3) is 0.263. The Hall–Kier alpha value is -3.02. The van der Waals surface area contributed by atoms with Crippen LogP contribution in [0.15, 0.2) is 47.6 Å². The van der Waals surface area contributed by atoms with Crippen molar-refractivity contribution in [3.63, 3.8) is 0 Å². The molecule has 25 heavy (non-hydrogen) atoms. The van der Waals surface area contributed by atoms with Crippen LogP contribution in [0.25, 0.3) is 0 Å². The number of carbonyl (C=O) groups is 1. The summed E-state index contributed by atoms with van der Waals surface area (Å²) in [4.78, 5) is 12.5. The topological polar surface area (TPSA) is 69.2 Å². The van der Waals surface area contributed by atoms with Gasteiger partial charge in [0.25, 0.3) is 5.91 Å². The van der Waals surface area contributed by atoms with Crippen molar-refractivity contribution in [1.29, 1.82) is 0 Å². The van der Waals surface area contributed by atoms with Crippen LogP contribution in [0.5, 0.6) is 17.2 Å². The fourth-order valence-corrected chi connectivity index (χ4v) is 2.37. The fourth-order valence-electron chi connectivity index (χ4n) is 2.37. The monoisotopic (exact) mass is 342 g/mol. The molecular formula is C19H22N2O4. The van der Waals surface area contributed by atoms with E-state index < -0.39 is 0 Å². The molecular weight excluding hydrogens is 320 g/mol. The Kier molecular flexibility index (Phi) is 6.39. The number of nitrogens with one attached hydrogen (secondary N) is 1. The molecule has 0 unspecified atom stereocenters. The van der Waals surface area contributed by atoms with Gasteiger partial charge in [0.2, 0.25) is 5.75 Å². The van der Waals surface area contributed by atoms with Gasteiger partial charge in [-0.1, -0.05) is 37.3 Å². The van der Waals surface area contributed by atoms with Crippen molar-refractivity contribution in [2.45, 2.75) is 13.3 Å². The molecule has 1 N–H and O–H groups in total. The molecule has 0 bridgehead atoms. The predicted molar refractivity (Wildman–Crippen MR) is 96.8 cm³/mol. The number of benzene rings is 2. The summed E-state index contributed by atoms with van der Waals surface area (Å²) < 4.78 is 15.8. The van der Waals surface area contributed by atoms with Crippen LogP contribution < -0.4 is 19.6 Å². The normalized spacial score (nSPS) is 11.0. The third kappa shape index (κ3) is 4.29. The summed E-state index contributed by atoms with van der Waals surface area (Å²) in [6.07, 6.45) is 0.694. The number of methoxy groups -OCH3 is 3. The predicted octanol–water partition coefficient (Wildman–Crippen LogP) is 3.26. The Bertz CT molecular complexity index is 732. The second kappa shape index (κ2) is 8.73. The number of amides is 1. The van der Waals surface area contributed by atoms with E-state index in [-0.39, 0.29) is 5.91 Å². The number of carbonyl (C=O) groups excluding carboxylic acids is 1. The average molecular weight is 342 g/mol. The summed E-state index contributed by atoms with van der Waals surface area (Å²) in [6.45, 7) is 1.98. The van der Waals surface area contributed by atoms with Crippen LogP contribution in [-0.2, 0) is 0 Å². The number of nitrogens with zero attached hydrogens (tertiary/aromatic N) is 1. The van der Waals surface area contributed by atoms with Crippen molar-refractivity contribution in [1.82, 2.24) is 5.43 Å². The Morgan fingerprint density at radius 3 is 2.04 bits per heavy atom. The molecule has 2 aromatic rings. The molecule has 0 saturated carbocycles. The Morgan fingerprint density at radius 1 is 0.960 bits per heavy atom. The first-order chi connectivity index (χ1) is 12.1. The molecule has 2 rings (SSSR count). The van der Waals surface area contributed by atoms with Gasteiger partial charge in [-0.25, -0.2) is 5.43 Å². The number of rotatable bonds is 7. The first-order valence-electron chi connectivity index (χ1n) is 7.86. The highest BCUT2D eigenvalue weighted by molar-refractivity contribution is 6.02. The molecule has 1 amide bonds. The number of hydrogen-bond acceptors (Lipinski definition) is 5. The van der Waals surface area contributed by atoms with E-state index in [2.05, 4.69) is 10.5 Å². The first kappa shape index (κ1) is 18.3. The SMILES string of the molecule is CC/C(=N\NC(=O)c1cc(OC)c(OC)c(OC)c1)c1ccccc1. The van der Waals surface area contributed by atoms with Gasteiger partial charge in [0.1, 0.15) is 0 Å². The van der Waals surface area contributed by atoms with E-state index in [1.807, 2.05) is 37.3 Å². The van der Waals surface area contributed by atoms with E-state index in [4.69, 9.17) is 14.2 Å². The van der Waals surface area contributed by atoms with Crippen molar-refractivity contribution < 1.29 is 19.0 Å². The van der Waals surface area contributed by atoms with Crippen LogP contribution in [0.1, 0.15) is 29.3 Å². The lowest BCUT2D eigenvalue weighted by atomic mass is 10.1. The van der Waals surface area contributed by atoms with Gasteiger partial charge in [-0.3, -0.25) is 4.79 Å². The maximum atomic E-state index is 12.5. The molecule has 0 atom stereocenters. The molecule has 0 aliphatic rings. The molecule has 0 spiro atoms. The van der Waals surface area contributed by atoms with E-state index >= 15 is 0 Å². The van der Waals surface area contributed by atoms with Gasteiger partial charge in [-0.15, -0.1) is 0 Å². The van der Waals surface area contributed by atoms with E-state index in [9.17, 15) is 4.79 Å². The van der Waals surface area contributed by atoms with Gasteiger partial charge in [0.15, 0.2) is 11.5 Å². The summed E-state index contributed by atoms with van der Waals surface area (Å²) in [6, 6.07) is 12.9. The second-order valence-corrected chi connectivity index (χ2v) is 5.13. The average Bonchev–Trinajstić information content (AvgIpc) is 2.67. The van der Waals surface area contributed by atoms with Crippen LogP contribution >= 0.6 is 0 Å². The summed E-state index contributed by atoms with van der Waals surface area (Å²) >= 11 is 0. The molecule has 0 radical (unpaired) electrons. The van der Waals surface area contributed by atoms with Gasteiger partial charge in [-0.05, 0) is 24.1 Å². The molecule has 0 heterocycles. The third-order valence-corrected chi connectivity index (χ3v) is 3.66. The highest BCUT2D eigenvalue weighted by Gasteiger charge is 2.17. The summed E-state index contributed by atoms with van der Waals surface area (Å²) in [5, 5.41) is 4.25. The number of ether oxygens (including phenoxy) is 3. The Morgan fingerprint density at radius 2 is 1.56 bits per heavy atom. The highest BCUT2D eigenvalue weighted by atomic mass is 16.5. The zero-order valence-corrected chi connectivity index (χ0v) is 14.8. The number of hydrogen-bond donors (Lipinski definition) is 1. The first-order valence-corrected chi connectivity index (χ1v) is 7.86. The van der Waals surface area contributed by atoms with E-state index in [1.165, 1.54) is 21.3 Å². The zero-order valence-electron chi connectivity index (χ0n) is 14.8.